The maximum Gasteiger partial charge on any atom is 0.317 e. The quantitative estimate of drug-likeness (QED) is 0.817. The van der Waals surface area contributed by atoms with Gasteiger partial charge in [-0.15, -0.1) is 0 Å². The molecule has 1 aliphatic carbocycles. The summed E-state index contributed by atoms with van der Waals surface area (Å²) in [5, 5.41) is 12.9. The van der Waals surface area contributed by atoms with E-state index in [2.05, 4.69) is 17.1 Å². The molecule has 2 fully saturated rings. The van der Waals surface area contributed by atoms with Crippen LogP contribution in [0.1, 0.15) is 52.9 Å². The summed E-state index contributed by atoms with van der Waals surface area (Å²) in [5.41, 5.74) is -0.860. The monoisotopic (exact) mass is 311 g/mol. The normalized spacial score (nSPS) is 25.4. The van der Waals surface area contributed by atoms with E-state index >= 15 is 0 Å². The van der Waals surface area contributed by atoms with Crippen molar-refractivity contribution in [2.75, 3.05) is 26.7 Å². The van der Waals surface area contributed by atoms with Crippen molar-refractivity contribution in [1.82, 2.24) is 15.1 Å². The van der Waals surface area contributed by atoms with Crippen LogP contribution in [0.25, 0.3) is 0 Å². The Bertz CT molecular complexity index is 377. The van der Waals surface area contributed by atoms with Gasteiger partial charge in [-0.05, 0) is 58.9 Å². The van der Waals surface area contributed by atoms with E-state index in [9.17, 15) is 9.90 Å². The minimum atomic E-state index is -0.860. The van der Waals surface area contributed by atoms with E-state index in [1.165, 1.54) is 38.6 Å². The van der Waals surface area contributed by atoms with Crippen LogP contribution in [0.15, 0.2) is 0 Å². The Morgan fingerprint density at radius 1 is 1.36 bits per heavy atom. The highest BCUT2D eigenvalue weighted by atomic mass is 16.3. The van der Waals surface area contributed by atoms with Crippen molar-refractivity contribution < 1.29 is 9.90 Å². The Kier molecular flexibility index (Phi) is 5.72. The molecule has 2 unspecified atom stereocenters. The highest BCUT2D eigenvalue weighted by molar-refractivity contribution is 5.74. The van der Waals surface area contributed by atoms with Crippen LogP contribution >= 0.6 is 0 Å². The average molecular weight is 311 g/mol. The summed E-state index contributed by atoms with van der Waals surface area (Å²) < 4.78 is 0. The van der Waals surface area contributed by atoms with Crippen molar-refractivity contribution in [3.05, 3.63) is 0 Å². The van der Waals surface area contributed by atoms with E-state index in [-0.39, 0.29) is 12.1 Å². The third-order valence-corrected chi connectivity index (χ3v) is 5.11. The van der Waals surface area contributed by atoms with Gasteiger partial charge in [-0.1, -0.05) is 6.42 Å². The predicted molar refractivity (Wildman–Crippen MR) is 88.9 cm³/mol. The molecule has 1 aliphatic heterocycles. The zero-order valence-corrected chi connectivity index (χ0v) is 14.6. The Hall–Kier alpha value is -0.810. The highest BCUT2D eigenvalue weighted by Crippen LogP contribution is 2.30. The first-order valence-electron chi connectivity index (χ1n) is 8.74. The van der Waals surface area contributed by atoms with Gasteiger partial charge >= 0.3 is 6.03 Å². The molecular formula is C17H33N3O2. The summed E-state index contributed by atoms with van der Waals surface area (Å²) in [4.78, 5) is 16.4. The lowest BCUT2D eigenvalue weighted by Crippen LogP contribution is -2.53. The minimum absolute atomic E-state index is 0.0876. The molecule has 0 aromatic carbocycles. The lowest BCUT2D eigenvalue weighted by atomic mass is 9.86. The zero-order chi connectivity index (χ0) is 16.3. The molecule has 5 heteroatoms. The number of rotatable bonds is 5. The minimum Gasteiger partial charge on any atom is -0.389 e. The largest absolute Gasteiger partial charge is 0.389 e. The maximum absolute atomic E-state index is 12.2. The molecule has 2 amide bonds. The fourth-order valence-corrected chi connectivity index (χ4v) is 3.61. The number of aliphatic hydroxyl groups is 1. The Labute approximate surface area is 135 Å². The van der Waals surface area contributed by atoms with Crippen LogP contribution in [0.3, 0.4) is 0 Å². The van der Waals surface area contributed by atoms with E-state index in [4.69, 9.17) is 0 Å². The van der Waals surface area contributed by atoms with Crippen LogP contribution in [-0.4, -0.2) is 65.3 Å². The van der Waals surface area contributed by atoms with Gasteiger partial charge < -0.3 is 20.2 Å². The summed E-state index contributed by atoms with van der Waals surface area (Å²) in [6, 6.07) is 0.888. The Morgan fingerprint density at radius 2 is 2.05 bits per heavy atom. The van der Waals surface area contributed by atoms with Gasteiger partial charge in [-0.25, -0.2) is 4.79 Å². The smallest absolute Gasteiger partial charge is 0.317 e. The molecule has 22 heavy (non-hydrogen) atoms. The molecule has 0 radical (unpaired) electrons. The number of nitrogens with zero attached hydrogens (tertiary/aromatic N) is 2. The van der Waals surface area contributed by atoms with Gasteiger partial charge in [-0.3, -0.25) is 0 Å². The first-order valence-corrected chi connectivity index (χ1v) is 8.74. The molecular weight excluding hydrogens is 278 g/mol. The molecule has 5 nitrogen and oxygen atoms in total. The number of carbonyl (C=O) groups is 1. The van der Waals surface area contributed by atoms with E-state index < -0.39 is 5.60 Å². The van der Waals surface area contributed by atoms with Crippen LogP contribution in [0.5, 0.6) is 0 Å². The molecule has 0 aromatic rings. The lowest BCUT2D eigenvalue weighted by molar-refractivity contribution is 0.0499. The van der Waals surface area contributed by atoms with E-state index in [0.717, 1.165) is 12.6 Å². The van der Waals surface area contributed by atoms with Crippen molar-refractivity contribution in [3.8, 4) is 0 Å². The van der Waals surface area contributed by atoms with Crippen molar-refractivity contribution in [2.24, 2.45) is 5.92 Å². The molecule has 1 saturated heterocycles. The van der Waals surface area contributed by atoms with Gasteiger partial charge in [0.15, 0.2) is 0 Å². The van der Waals surface area contributed by atoms with Gasteiger partial charge in [0.1, 0.15) is 0 Å². The maximum atomic E-state index is 12.2. The molecule has 0 bridgehead atoms. The number of likely N-dealkylation sites (tertiary alicyclic amines) is 1. The molecule has 128 valence electrons. The molecule has 2 rings (SSSR count). The van der Waals surface area contributed by atoms with Crippen LogP contribution in [0, 0.1) is 5.92 Å². The van der Waals surface area contributed by atoms with Gasteiger partial charge in [0, 0.05) is 25.7 Å². The van der Waals surface area contributed by atoms with Crippen molar-refractivity contribution >= 4 is 6.03 Å². The highest BCUT2D eigenvalue weighted by Gasteiger charge is 2.32. The first kappa shape index (κ1) is 17.5. The van der Waals surface area contributed by atoms with E-state index in [1.54, 1.807) is 25.8 Å². The summed E-state index contributed by atoms with van der Waals surface area (Å²) >= 11 is 0. The molecule has 0 spiro atoms. The predicted octanol–water partition coefficient (Wildman–Crippen LogP) is 2.05. The van der Waals surface area contributed by atoms with Gasteiger partial charge in [0.2, 0.25) is 0 Å². The Balaban J connectivity index is 1.80. The average Bonchev–Trinajstić information content (AvgIpc) is 2.34. The van der Waals surface area contributed by atoms with Crippen LogP contribution < -0.4 is 5.32 Å². The standard InChI is InChI=1S/C17H33N3O2/c1-13(18-16(21)19(4)12-17(2,3)22)14-7-6-10-20(11-14)15-8-5-9-15/h13-15,22H,5-12H2,1-4H3,(H,18,21). The van der Waals surface area contributed by atoms with Crippen molar-refractivity contribution in [2.45, 2.75) is 70.6 Å². The molecule has 0 aromatic heterocycles. The number of urea groups is 1. The summed E-state index contributed by atoms with van der Waals surface area (Å²) in [5.74, 6) is 0.536. The number of hydrogen-bond donors (Lipinski definition) is 2. The van der Waals surface area contributed by atoms with Crippen molar-refractivity contribution in [3.63, 3.8) is 0 Å². The van der Waals surface area contributed by atoms with Crippen molar-refractivity contribution in [1.29, 1.82) is 0 Å². The number of likely N-dealkylation sites (N-methyl/N-ethyl adjacent to an activating group) is 1. The number of piperidine rings is 1. The summed E-state index contributed by atoms with van der Waals surface area (Å²) in [6.07, 6.45) is 6.50. The molecule has 2 aliphatic rings. The van der Waals surface area contributed by atoms with Crippen LogP contribution in [0.4, 0.5) is 4.79 Å². The third-order valence-electron chi connectivity index (χ3n) is 5.11. The summed E-state index contributed by atoms with van der Waals surface area (Å²) in [6.45, 7) is 8.23. The second-order valence-electron chi connectivity index (χ2n) is 7.89. The molecule has 1 saturated carbocycles. The third kappa shape index (κ3) is 4.85. The second-order valence-corrected chi connectivity index (χ2v) is 7.89. The number of amides is 2. The fourth-order valence-electron chi connectivity index (χ4n) is 3.61. The second kappa shape index (κ2) is 7.18. The lowest BCUT2D eigenvalue weighted by Gasteiger charge is -2.44. The van der Waals surface area contributed by atoms with E-state index in [0.29, 0.717) is 12.5 Å². The van der Waals surface area contributed by atoms with Gasteiger partial charge in [0.05, 0.1) is 12.1 Å². The summed E-state index contributed by atoms with van der Waals surface area (Å²) in [7, 11) is 1.74. The number of hydrogen-bond acceptors (Lipinski definition) is 3. The Morgan fingerprint density at radius 3 is 2.59 bits per heavy atom. The number of carbonyl (C=O) groups excluding carboxylic acids is 1. The number of nitrogens with one attached hydrogen (secondary N) is 1. The van der Waals surface area contributed by atoms with E-state index in [1.807, 2.05) is 0 Å². The first-order chi connectivity index (χ1) is 10.3. The van der Waals surface area contributed by atoms with Crippen LogP contribution in [0.2, 0.25) is 0 Å². The fraction of sp³-hybridized carbons (Fsp3) is 0.941. The van der Waals surface area contributed by atoms with Gasteiger partial charge in [-0.2, -0.15) is 0 Å². The van der Waals surface area contributed by atoms with Gasteiger partial charge in [0.25, 0.3) is 0 Å². The molecule has 2 atom stereocenters. The molecule has 2 N–H and O–H groups in total. The zero-order valence-electron chi connectivity index (χ0n) is 14.6. The molecule has 1 heterocycles. The van der Waals surface area contributed by atoms with Crippen LogP contribution in [-0.2, 0) is 0 Å². The SMILES string of the molecule is CC(NC(=O)N(C)CC(C)(C)O)C1CCCN(C2CCC2)C1. The topological polar surface area (TPSA) is 55.8 Å².